The number of ether oxygens (including phenoxy) is 2. The van der Waals surface area contributed by atoms with Crippen molar-refractivity contribution in [2.24, 2.45) is 0 Å². The summed E-state index contributed by atoms with van der Waals surface area (Å²) in [5.41, 5.74) is 1.20. The molecule has 2 rings (SSSR count). The zero-order chi connectivity index (χ0) is 14.2. The molecule has 6 heteroatoms. The van der Waals surface area contributed by atoms with Gasteiger partial charge in [0.2, 0.25) is 11.7 Å². The maximum atomic E-state index is 5.58. The smallest absolute Gasteiger partial charge is 0.223 e. The first-order chi connectivity index (χ1) is 9.78. The van der Waals surface area contributed by atoms with E-state index >= 15 is 0 Å². The molecule has 0 fully saturated rings. The van der Waals surface area contributed by atoms with Crippen LogP contribution in [0.4, 0.5) is 0 Å². The van der Waals surface area contributed by atoms with E-state index in [2.05, 4.69) is 15.5 Å². The van der Waals surface area contributed by atoms with E-state index in [1.54, 1.807) is 14.0 Å². The largest absolute Gasteiger partial charge is 0.485 e. The molecule has 0 bridgehead atoms. The first kappa shape index (κ1) is 14.5. The Bertz CT molecular complexity index is 511. The highest BCUT2D eigenvalue weighted by Crippen LogP contribution is 2.13. The van der Waals surface area contributed by atoms with Crippen molar-refractivity contribution in [2.45, 2.75) is 20.1 Å². The van der Waals surface area contributed by atoms with E-state index in [1.165, 1.54) is 5.56 Å². The molecule has 0 aliphatic carbocycles. The number of aryl methyl sites for hydroxylation is 1. The summed E-state index contributed by atoms with van der Waals surface area (Å²) in [7, 11) is 1.69. The van der Waals surface area contributed by atoms with Gasteiger partial charge in [-0.1, -0.05) is 17.3 Å². The number of nitrogens with zero attached hydrogens (tertiary/aromatic N) is 2. The second-order valence-corrected chi connectivity index (χ2v) is 4.33. The molecule has 0 saturated carbocycles. The maximum absolute atomic E-state index is 5.58. The summed E-state index contributed by atoms with van der Waals surface area (Å²) in [6.45, 7) is 4.43. The molecule has 0 atom stereocenters. The zero-order valence-corrected chi connectivity index (χ0v) is 11.8. The van der Waals surface area contributed by atoms with Gasteiger partial charge in [0.05, 0.1) is 6.61 Å². The number of aromatic nitrogens is 2. The predicted octanol–water partition coefficient (Wildman–Crippen LogP) is 1.69. The Hall–Kier alpha value is -1.92. The summed E-state index contributed by atoms with van der Waals surface area (Å²) < 4.78 is 15.4. The molecule has 0 amide bonds. The van der Waals surface area contributed by atoms with Crippen LogP contribution in [0.3, 0.4) is 0 Å². The van der Waals surface area contributed by atoms with Crippen LogP contribution in [-0.2, 0) is 17.9 Å². The Balaban J connectivity index is 1.76. The lowest BCUT2D eigenvalue weighted by atomic mass is 10.2. The normalized spacial score (nSPS) is 10.7. The van der Waals surface area contributed by atoms with E-state index < -0.39 is 0 Å². The first-order valence-corrected chi connectivity index (χ1v) is 6.48. The minimum atomic E-state index is 0.308. The second-order valence-electron chi connectivity index (χ2n) is 4.33. The molecule has 0 spiro atoms. The van der Waals surface area contributed by atoms with Crippen molar-refractivity contribution in [1.82, 2.24) is 15.5 Å². The standard InChI is InChI=1S/C14H19N3O3/c1-11-16-14(17-20-11)10-19-13-5-3-12(4-6-13)9-15-7-8-18-2/h3-6,15H,7-10H2,1-2H3. The molecule has 0 saturated heterocycles. The third-order valence-electron chi connectivity index (χ3n) is 2.67. The van der Waals surface area contributed by atoms with Gasteiger partial charge in [-0.3, -0.25) is 0 Å². The van der Waals surface area contributed by atoms with E-state index in [1.807, 2.05) is 24.3 Å². The summed E-state index contributed by atoms with van der Waals surface area (Å²) in [5, 5.41) is 7.06. The molecule has 1 N–H and O–H groups in total. The molecule has 2 aromatic rings. The van der Waals surface area contributed by atoms with Crippen LogP contribution in [0, 0.1) is 6.92 Å². The van der Waals surface area contributed by atoms with Gasteiger partial charge in [-0.05, 0) is 17.7 Å². The highest BCUT2D eigenvalue weighted by Gasteiger charge is 2.03. The average Bonchev–Trinajstić information content (AvgIpc) is 2.88. The highest BCUT2D eigenvalue weighted by atomic mass is 16.5. The van der Waals surface area contributed by atoms with Crippen LogP contribution in [0.1, 0.15) is 17.3 Å². The molecule has 20 heavy (non-hydrogen) atoms. The van der Waals surface area contributed by atoms with Crippen LogP contribution >= 0.6 is 0 Å². The lowest BCUT2D eigenvalue weighted by Crippen LogP contribution is -2.18. The summed E-state index contributed by atoms with van der Waals surface area (Å²) >= 11 is 0. The Kier molecular flexibility index (Phi) is 5.52. The lowest BCUT2D eigenvalue weighted by Gasteiger charge is -2.06. The van der Waals surface area contributed by atoms with Gasteiger partial charge in [-0.15, -0.1) is 0 Å². The van der Waals surface area contributed by atoms with Gasteiger partial charge in [0.15, 0.2) is 6.61 Å². The van der Waals surface area contributed by atoms with E-state index in [-0.39, 0.29) is 0 Å². The average molecular weight is 277 g/mol. The molecule has 0 radical (unpaired) electrons. The van der Waals surface area contributed by atoms with Crippen LogP contribution < -0.4 is 10.1 Å². The molecule has 108 valence electrons. The predicted molar refractivity (Wildman–Crippen MR) is 73.4 cm³/mol. The van der Waals surface area contributed by atoms with E-state index in [9.17, 15) is 0 Å². The first-order valence-electron chi connectivity index (χ1n) is 6.48. The highest BCUT2D eigenvalue weighted by molar-refractivity contribution is 5.27. The van der Waals surface area contributed by atoms with Gasteiger partial charge in [-0.2, -0.15) is 4.98 Å². The van der Waals surface area contributed by atoms with Crippen LogP contribution in [-0.4, -0.2) is 30.4 Å². The maximum Gasteiger partial charge on any atom is 0.223 e. The second kappa shape index (κ2) is 7.62. The van der Waals surface area contributed by atoms with Gasteiger partial charge in [0, 0.05) is 27.1 Å². The Morgan fingerprint density at radius 1 is 1.25 bits per heavy atom. The van der Waals surface area contributed by atoms with Crippen molar-refractivity contribution >= 4 is 0 Å². The lowest BCUT2D eigenvalue weighted by molar-refractivity contribution is 0.199. The monoisotopic (exact) mass is 277 g/mol. The van der Waals surface area contributed by atoms with Crippen LogP contribution in [0.5, 0.6) is 5.75 Å². The number of methoxy groups -OCH3 is 1. The molecule has 1 aromatic heterocycles. The summed E-state index contributed by atoms with van der Waals surface area (Å²) in [4.78, 5) is 4.08. The fourth-order valence-electron chi connectivity index (χ4n) is 1.66. The molecule has 1 heterocycles. The molecule has 6 nitrogen and oxygen atoms in total. The molecule has 0 unspecified atom stereocenters. The number of nitrogens with one attached hydrogen (secondary N) is 1. The number of rotatable bonds is 8. The van der Waals surface area contributed by atoms with E-state index in [0.29, 0.717) is 24.9 Å². The fraction of sp³-hybridized carbons (Fsp3) is 0.429. The fourth-order valence-corrected chi connectivity index (χ4v) is 1.66. The third kappa shape index (κ3) is 4.64. The SMILES string of the molecule is COCCNCc1ccc(OCc2noc(C)n2)cc1. The van der Waals surface area contributed by atoms with Gasteiger partial charge in [0.1, 0.15) is 5.75 Å². The van der Waals surface area contributed by atoms with Gasteiger partial charge in [-0.25, -0.2) is 0 Å². The Labute approximate surface area is 118 Å². The van der Waals surface area contributed by atoms with Crippen LogP contribution in [0.25, 0.3) is 0 Å². The van der Waals surface area contributed by atoms with Gasteiger partial charge in [0.25, 0.3) is 0 Å². The molecular formula is C14H19N3O3. The Morgan fingerprint density at radius 2 is 2.05 bits per heavy atom. The summed E-state index contributed by atoms with van der Waals surface area (Å²) in [5.74, 6) is 1.88. The van der Waals surface area contributed by atoms with Crippen molar-refractivity contribution in [2.75, 3.05) is 20.3 Å². The van der Waals surface area contributed by atoms with E-state index in [0.717, 1.165) is 18.8 Å². The third-order valence-corrected chi connectivity index (χ3v) is 2.67. The van der Waals surface area contributed by atoms with Crippen molar-refractivity contribution in [3.8, 4) is 5.75 Å². The van der Waals surface area contributed by atoms with Crippen molar-refractivity contribution in [3.05, 3.63) is 41.5 Å². The molecule has 0 aliphatic heterocycles. The quantitative estimate of drug-likeness (QED) is 0.741. The van der Waals surface area contributed by atoms with Gasteiger partial charge >= 0.3 is 0 Å². The molecule has 0 aliphatic rings. The van der Waals surface area contributed by atoms with Crippen LogP contribution in [0.2, 0.25) is 0 Å². The Morgan fingerprint density at radius 3 is 2.70 bits per heavy atom. The van der Waals surface area contributed by atoms with Crippen molar-refractivity contribution < 1.29 is 14.0 Å². The van der Waals surface area contributed by atoms with Crippen molar-refractivity contribution in [3.63, 3.8) is 0 Å². The summed E-state index contributed by atoms with van der Waals surface area (Å²) in [6, 6.07) is 7.91. The van der Waals surface area contributed by atoms with Gasteiger partial charge < -0.3 is 19.3 Å². The number of hydrogen-bond donors (Lipinski definition) is 1. The van der Waals surface area contributed by atoms with Crippen LogP contribution in [0.15, 0.2) is 28.8 Å². The number of hydrogen-bond acceptors (Lipinski definition) is 6. The minimum absolute atomic E-state index is 0.308. The van der Waals surface area contributed by atoms with Crippen molar-refractivity contribution in [1.29, 1.82) is 0 Å². The minimum Gasteiger partial charge on any atom is -0.485 e. The molecular weight excluding hydrogens is 258 g/mol. The topological polar surface area (TPSA) is 69.4 Å². The van der Waals surface area contributed by atoms with E-state index in [4.69, 9.17) is 14.0 Å². The molecule has 1 aromatic carbocycles. The summed E-state index contributed by atoms with van der Waals surface area (Å²) in [6.07, 6.45) is 0. The zero-order valence-electron chi connectivity index (χ0n) is 11.8. The number of benzene rings is 1.